The van der Waals surface area contributed by atoms with Gasteiger partial charge in [0.25, 0.3) is 0 Å². The van der Waals surface area contributed by atoms with Crippen molar-refractivity contribution in [2.75, 3.05) is 0 Å². The molecule has 0 saturated carbocycles. The normalized spacial score (nSPS) is 14.5. The van der Waals surface area contributed by atoms with Gasteiger partial charge in [0.05, 0.1) is 23.0 Å². The Morgan fingerprint density at radius 2 is 1.94 bits per heavy atom. The molecule has 1 atom stereocenters. The van der Waals surface area contributed by atoms with E-state index in [9.17, 15) is 8.78 Å². The second-order valence-electron chi connectivity index (χ2n) is 4.51. The number of nitrogens with two attached hydrogens (primary N) is 1. The fourth-order valence-corrected chi connectivity index (χ4v) is 1.66. The van der Waals surface area contributed by atoms with E-state index in [-0.39, 0.29) is 5.56 Å². The number of halogens is 2. The lowest BCUT2D eigenvalue weighted by atomic mass is 10.00. The van der Waals surface area contributed by atoms with Gasteiger partial charge in [-0.15, -0.1) is 0 Å². The predicted molar refractivity (Wildman–Crippen MR) is 65.8 cm³/mol. The number of hydrogen-bond acceptors (Lipinski definition) is 2. The van der Waals surface area contributed by atoms with E-state index in [1.54, 1.807) is 0 Å². The zero-order valence-electron chi connectivity index (χ0n) is 10.3. The van der Waals surface area contributed by atoms with Gasteiger partial charge < -0.3 is 10.7 Å². The molecule has 1 aromatic heterocycles. The molecule has 0 aliphatic rings. The SMILES string of the molecule is CCC(C)(N)c1ncc(-c2c(F)cccc2F)[nH]1. The average molecular weight is 251 g/mol. The highest BCUT2D eigenvalue weighted by molar-refractivity contribution is 5.60. The molecule has 0 amide bonds. The van der Waals surface area contributed by atoms with Gasteiger partial charge in [-0.25, -0.2) is 13.8 Å². The lowest BCUT2D eigenvalue weighted by molar-refractivity contribution is 0.450. The van der Waals surface area contributed by atoms with E-state index in [1.165, 1.54) is 24.4 Å². The van der Waals surface area contributed by atoms with Crippen LogP contribution in [0.1, 0.15) is 26.1 Å². The first-order valence-electron chi connectivity index (χ1n) is 5.74. The Morgan fingerprint density at radius 3 is 2.50 bits per heavy atom. The highest BCUT2D eigenvalue weighted by atomic mass is 19.1. The topological polar surface area (TPSA) is 54.7 Å². The number of rotatable bonds is 3. The van der Waals surface area contributed by atoms with Gasteiger partial charge in [-0.2, -0.15) is 0 Å². The van der Waals surface area contributed by atoms with E-state index in [1.807, 2.05) is 13.8 Å². The zero-order chi connectivity index (χ0) is 13.3. The molecule has 0 radical (unpaired) electrons. The number of aromatic nitrogens is 2. The van der Waals surface area contributed by atoms with Crippen LogP contribution in [-0.2, 0) is 5.54 Å². The number of hydrogen-bond donors (Lipinski definition) is 2. The monoisotopic (exact) mass is 251 g/mol. The molecule has 2 rings (SSSR count). The second kappa shape index (κ2) is 4.49. The first-order valence-corrected chi connectivity index (χ1v) is 5.74. The lowest BCUT2D eigenvalue weighted by Gasteiger charge is -2.19. The van der Waals surface area contributed by atoms with Crippen molar-refractivity contribution in [3.8, 4) is 11.3 Å². The summed E-state index contributed by atoms with van der Waals surface area (Å²) in [5, 5.41) is 0. The summed E-state index contributed by atoms with van der Waals surface area (Å²) in [6, 6.07) is 3.74. The zero-order valence-corrected chi connectivity index (χ0v) is 10.3. The maximum Gasteiger partial charge on any atom is 0.135 e. The number of imidazole rings is 1. The summed E-state index contributed by atoms with van der Waals surface area (Å²) < 4.78 is 27.2. The second-order valence-corrected chi connectivity index (χ2v) is 4.51. The Labute approximate surface area is 104 Å². The molecule has 3 N–H and O–H groups in total. The van der Waals surface area contributed by atoms with Gasteiger partial charge in [-0.1, -0.05) is 13.0 Å². The van der Waals surface area contributed by atoms with Crippen LogP contribution >= 0.6 is 0 Å². The summed E-state index contributed by atoms with van der Waals surface area (Å²) in [4.78, 5) is 6.99. The average Bonchev–Trinajstić information content (AvgIpc) is 2.79. The molecule has 2 aromatic rings. The van der Waals surface area contributed by atoms with Crippen molar-refractivity contribution in [1.29, 1.82) is 0 Å². The number of H-pyrrole nitrogens is 1. The third-order valence-electron chi connectivity index (χ3n) is 3.08. The van der Waals surface area contributed by atoms with Crippen LogP contribution in [0, 0.1) is 11.6 Å². The van der Waals surface area contributed by atoms with Crippen molar-refractivity contribution in [3.05, 3.63) is 41.9 Å². The fraction of sp³-hybridized carbons (Fsp3) is 0.308. The molecule has 3 nitrogen and oxygen atoms in total. The van der Waals surface area contributed by atoms with Gasteiger partial charge in [0.1, 0.15) is 17.5 Å². The molecule has 0 fully saturated rings. The van der Waals surface area contributed by atoms with E-state index in [0.29, 0.717) is 17.9 Å². The highest BCUT2D eigenvalue weighted by Gasteiger charge is 2.23. The van der Waals surface area contributed by atoms with Crippen LogP contribution in [0.25, 0.3) is 11.3 Å². The molecule has 0 spiro atoms. The lowest BCUT2D eigenvalue weighted by Crippen LogP contribution is -2.33. The maximum absolute atomic E-state index is 13.6. The molecule has 0 aliphatic carbocycles. The van der Waals surface area contributed by atoms with Crippen LogP contribution < -0.4 is 5.73 Å². The minimum atomic E-state index is -0.639. The fourth-order valence-electron chi connectivity index (χ4n) is 1.66. The number of benzene rings is 1. The minimum absolute atomic E-state index is 0.108. The number of aromatic amines is 1. The van der Waals surface area contributed by atoms with E-state index in [0.717, 1.165) is 0 Å². The molecule has 0 bridgehead atoms. The highest BCUT2D eigenvalue weighted by Crippen LogP contribution is 2.26. The molecule has 1 unspecified atom stereocenters. The number of nitrogens with zero attached hydrogens (tertiary/aromatic N) is 1. The Kier molecular flexibility index (Phi) is 3.17. The van der Waals surface area contributed by atoms with Gasteiger partial charge >= 0.3 is 0 Å². The Balaban J connectivity index is 2.48. The van der Waals surface area contributed by atoms with Crippen LogP contribution in [0.2, 0.25) is 0 Å². The van der Waals surface area contributed by atoms with Crippen LogP contribution in [-0.4, -0.2) is 9.97 Å². The van der Waals surface area contributed by atoms with Crippen molar-refractivity contribution in [1.82, 2.24) is 9.97 Å². The largest absolute Gasteiger partial charge is 0.340 e. The third kappa shape index (κ3) is 2.13. The molecule has 0 saturated heterocycles. The van der Waals surface area contributed by atoms with E-state index < -0.39 is 17.2 Å². The molecule has 1 heterocycles. The Bertz CT molecular complexity index is 541. The van der Waals surface area contributed by atoms with Crippen LogP contribution in [0.3, 0.4) is 0 Å². The molecule has 96 valence electrons. The van der Waals surface area contributed by atoms with E-state index in [2.05, 4.69) is 9.97 Å². The van der Waals surface area contributed by atoms with Crippen LogP contribution in [0.4, 0.5) is 8.78 Å². The maximum atomic E-state index is 13.6. The third-order valence-corrected chi connectivity index (χ3v) is 3.08. The van der Waals surface area contributed by atoms with Crippen LogP contribution in [0.5, 0.6) is 0 Å². The van der Waals surface area contributed by atoms with Gasteiger partial charge in [0.15, 0.2) is 0 Å². The summed E-state index contributed by atoms with van der Waals surface area (Å²) in [6.45, 7) is 3.74. The standard InChI is InChI=1S/C13H15F2N3/c1-3-13(2,16)12-17-7-10(18-12)11-8(14)5-4-6-9(11)15/h4-7H,3,16H2,1-2H3,(H,17,18). The van der Waals surface area contributed by atoms with Crippen LogP contribution in [0.15, 0.2) is 24.4 Å². The van der Waals surface area contributed by atoms with Gasteiger partial charge in [-0.05, 0) is 25.5 Å². The first kappa shape index (κ1) is 12.7. The first-order chi connectivity index (χ1) is 8.45. The Morgan fingerprint density at radius 1 is 1.33 bits per heavy atom. The van der Waals surface area contributed by atoms with Crippen molar-refractivity contribution >= 4 is 0 Å². The predicted octanol–water partition coefficient (Wildman–Crippen LogP) is 2.94. The summed E-state index contributed by atoms with van der Waals surface area (Å²) in [7, 11) is 0. The summed E-state index contributed by atoms with van der Waals surface area (Å²) in [5.74, 6) is -0.733. The minimum Gasteiger partial charge on any atom is -0.340 e. The molecular formula is C13H15F2N3. The summed E-state index contributed by atoms with van der Waals surface area (Å²) in [6.07, 6.45) is 2.07. The molecular weight excluding hydrogens is 236 g/mol. The van der Waals surface area contributed by atoms with E-state index >= 15 is 0 Å². The summed E-state index contributed by atoms with van der Waals surface area (Å²) in [5.41, 5.74) is 5.57. The molecule has 18 heavy (non-hydrogen) atoms. The smallest absolute Gasteiger partial charge is 0.135 e. The quantitative estimate of drug-likeness (QED) is 0.881. The molecule has 1 aromatic carbocycles. The van der Waals surface area contributed by atoms with Gasteiger partial charge in [-0.3, -0.25) is 0 Å². The molecule has 0 aliphatic heterocycles. The van der Waals surface area contributed by atoms with Gasteiger partial charge in [0.2, 0.25) is 0 Å². The van der Waals surface area contributed by atoms with Crippen molar-refractivity contribution in [2.45, 2.75) is 25.8 Å². The van der Waals surface area contributed by atoms with Crippen molar-refractivity contribution in [2.24, 2.45) is 5.73 Å². The van der Waals surface area contributed by atoms with Crippen molar-refractivity contribution < 1.29 is 8.78 Å². The summed E-state index contributed by atoms with van der Waals surface area (Å²) >= 11 is 0. The van der Waals surface area contributed by atoms with Crippen molar-refractivity contribution in [3.63, 3.8) is 0 Å². The van der Waals surface area contributed by atoms with E-state index in [4.69, 9.17) is 5.73 Å². The Hall–Kier alpha value is -1.75. The molecule has 5 heteroatoms. The van der Waals surface area contributed by atoms with Gasteiger partial charge in [0, 0.05) is 0 Å². The number of nitrogens with one attached hydrogen (secondary N) is 1.